The van der Waals surface area contributed by atoms with Crippen LogP contribution >= 0.6 is 0 Å². The molecule has 8 heterocycles. The number of hydrogen-bond acceptors (Lipinski definition) is 6. The average molecular weight is 719 g/mol. The summed E-state index contributed by atoms with van der Waals surface area (Å²) in [7, 11) is 0. The van der Waals surface area contributed by atoms with E-state index < -0.39 is 0 Å². The summed E-state index contributed by atoms with van der Waals surface area (Å²) < 4.78 is 4.80. The maximum Gasteiger partial charge on any atom is 0.252 e. The molecule has 8 nitrogen and oxygen atoms in total. The molecule has 0 saturated heterocycles. The summed E-state index contributed by atoms with van der Waals surface area (Å²) >= 11 is 0. The lowest BCUT2D eigenvalue weighted by atomic mass is 9.34. The molecule has 56 heavy (non-hydrogen) atoms. The highest BCUT2D eigenvalue weighted by Gasteiger charge is 2.43. The highest BCUT2D eigenvalue weighted by molar-refractivity contribution is 7.00. The van der Waals surface area contributed by atoms with Crippen LogP contribution in [0.1, 0.15) is 6.42 Å². The van der Waals surface area contributed by atoms with Gasteiger partial charge in [0.1, 0.15) is 23.1 Å². The van der Waals surface area contributed by atoms with Crippen molar-refractivity contribution in [3.05, 3.63) is 175 Å². The minimum atomic E-state index is -0.0438. The molecule has 0 bridgehead atoms. The third-order valence-electron chi connectivity index (χ3n) is 11.3. The minimum absolute atomic E-state index is 0.0438. The number of pyridine rings is 4. The molecule has 6 aromatic heterocycles. The second kappa shape index (κ2) is 12.0. The Bertz CT molecular complexity index is 3140. The first kappa shape index (κ1) is 30.9. The van der Waals surface area contributed by atoms with Gasteiger partial charge in [-0.05, 0) is 95.6 Å². The van der Waals surface area contributed by atoms with E-state index in [1.807, 2.05) is 67.3 Å². The second-order valence-electron chi connectivity index (χ2n) is 14.3. The lowest BCUT2D eigenvalue weighted by Gasteiger charge is -2.41. The summed E-state index contributed by atoms with van der Waals surface area (Å²) in [6.07, 6.45) is 17.3. The van der Waals surface area contributed by atoms with Gasteiger partial charge >= 0.3 is 0 Å². The van der Waals surface area contributed by atoms with Crippen molar-refractivity contribution < 1.29 is 0 Å². The molecule has 0 fully saturated rings. The van der Waals surface area contributed by atoms with Gasteiger partial charge in [-0.2, -0.15) is 0 Å². The van der Waals surface area contributed by atoms with Crippen LogP contribution in [0.3, 0.4) is 0 Å². The number of hydrogen-bond donors (Lipinski definition) is 0. The molecule has 12 rings (SSSR count). The molecule has 0 amide bonds. The summed E-state index contributed by atoms with van der Waals surface area (Å²) in [5, 5.41) is 3.38. The van der Waals surface area contributed by atoms with Crippen LogP contribution in [0, 0.1) is 0 Å². The molecule has 9 heteroatoms. The van der Waals surface area contributed by atoms with E-state index >= 15 is 0 Å². The van der Waals surface area contributed by atoms with Crippen molar-refractivity contribution in [3.63, 3.8) is 0 Å². The van der Waals surface area contributed by atoms with Gasteiger partial charge in [0.15, 0.2) is 0 Å². The maximum atomic E-state index is 5.22. The molecule has 3 aliphatic rings. The van der Waals surface area contributed by atoms with Gasteiger partial charge in [-0.3, -0.25) is 19.0 Å². The van der Waals surface area contributed by atoms with E-state index in [2.05, 4.69) is 128 Å². The van der Waals surface area contributed by atoms with Crippen LogP contribution in [0.15, 0.2) is 164 Å². The molecule has 2 aliphatic heterocycles. The van der Waals surface area contributed by atoms with Gasteiger partial charge < -0.3 is 4.90 Å². The van der Waals surface area contributed by atoms with Gasteiger partial charge in [-0.25, -0.2) is 15.0 Å². The molecular weight excluding hydrogens is 687 g/mol. The predicted octanol–water partition coefficient (Wildman–Crippen LogP) is 6.76. The Morgan fingerprint density at radius 3 is 2.11 bits per heavy atom. The monoisotopic (exact) mass is 718 g/mol. The van der Waals surface area contributed by atoms with Gasteiger partial charge in [-0.15, -0.1) is 0 Å². The minimum Gasteiger partial charge on any atom is -0.311 e. The predicted molar refractivity (Wildman–Crippen MR) is 227 cm³/mol. The van der Waals surface area contributed by atoms with Crippen molar-refractivity contribution >= 4 is 91.7 Å². The van der Waals surface area contributed by atoms with E-state index in [4.69, 9.17) is 19.9 Å². The zero-order chi connectivity index (χ0) is 36.7. The molecule has 0 N–H and O–H groups in total. The maximum absolute atomic E-state index is 5.22. The highest BCUT2D eigenvalue weighted by atomic mass is 15.3. The van der Waals surface area contributed by atoms with Crippen molar-refractivity contribution in [1.29, 1.82) is 0 Å². The standard InChI is InChI=1S/C47H31BN8/c1-3-15-31(16-4-1)53-37-20-8-7-18-34(37)48-35-24-28-52-45-43-33-17-5-2-6-19-36(33)55(42-23-11-14-27-51-42)47(43)56(46(35)45)39-30-32(29-38(53)44(39)48)54(40-21-9-12-25-49-40)41-22-10-13-26-50-41/h1-5,7-30H,6H2. The van der Waals surface area contributed by atoms with Crippen molar-refractivity contribution in [2.45, 2.75) is 6.42 Å². The van der Waals surface area contributed by atoms with Crippen molar-refractivity contribution in [1.82, 2.24) is 29.1 Å². The quantitative estimate of drug-likeness (QED) is 0.184. The Kier molecular flexibility index (Phi) is 6.62. The van der Waals surface area contributed by atoms with Crippen LogP contribution in [0.4, 0.5) is 34.4 Å². The van der Waals surface area contributed by atoms with Gasteiger partial charge in [0.25, 0.3) is 6.71 Å². The lowest BCUT2D eigenvalue weighted by Crippen LogP contribution is -2.60. The van der Waals surface area contributed by atoms with E-state index in [0.717, 1.165) is 84.9 Å². The Hall–Kier alpha value is -7.52. The fourth-order valence-electron chi connectivity index (χ4n) is 9.17. The molecular formula is C47H31BN8. The van der Waals surface area contributed by atoms with Crippen LogP contribution in [-0.4, -0.2) is 35.8 Å². The van der Waals surface area contributed by atoms with Crippen LogP contribution in [0.2, 0.25) is 0 Å². The topological polar surface area (TPSA) is 67.9 Å². The Labute approximate surface area is 322 Å². The number of benzene rings is 3. The van der Waals surface area contributed by atoms with Crippen LogP contribution in [0.5, 0.6) is 0 Å². The van der Waals surface area contributed by atoms with E-state index in [1.54, 1.807) is 0 Å². The lowest BCUT2D eigenvalue weighted by molar-refractivity contribution is 0.960. The SMILES string of the molecule is C1=CCC=c2c(c3c4nccc5c4n(c3n2-c2ccccn2)-c2cc(N(c3ccccn3)c3ccccn3)cc3c2B5c2ccccc2N3c2ccccc2)=C1. The van der Waals surface area contributed by atoms with Crippen molar-refractivity contribution in [2.24, 2.45) is 0 Å². The highest BCUT2D eigenvalue weighted by Crippen LogP contribution is 2.44. The molecule has 0 saturated carbocycles. The zero-order valence-electron chi connectivity index (χ0n) is 30.1. The molecule has 3 aromatic carbocycles. The van der Waals surface area contributed by atoms with Crippen LogP contribution in [0.25, 0.3) is 45.7 Å². The first-order chi connectivity index (χ1) is 27.8. The molecule has 1 aliphatic carbocycles. The fraction of sp³-hybridized carbons (Fsp3) is 0.0213. The summed E-state index contributed by atoms with van der Waals surface area (Å²) in [6, 6.07) is 44.6. The summed E-state index contributed by atoms with van der Waals surface area (Å²) in [4.78, 5) is 24.5. The first-order valence-electron chi connectivity index (χ1n) is 18.9. The van der Waals surface area contributed by atoms with E-state index in [-0.39, 0.29) is 6.71 Å². The molecule has 0 radical (unpaired) electrons. The van der Waals surface area contributed by atoms with Crippen LogP contribution < -0.4 is 36.8 Å². The number of aromatic nitrogens is 6. The third-order valence-corrected chi connectivity index (χ3v) is 11.3. The second-order valence-corrected chi connectivity index (χ2v) is 14.3. The Morgan fingerprint density at radius 2 is 1.34 bits per heavy atom. The van der Waals surface area contributed by atoms with Gasteiger partial charge in [0, 0.05) is 52.8 Å². The molecule has 9 aromatic rings. The van der Waals surface area contributed by atoms with Gasteiger partial charge in [0.05, 0.1) is 27.5 Å². The van der Waals surface area contributed by atoms with E-state index in [0.29, 0.717) is 0 Å². The average Bonchev–Trinajstić information content (AvgIpc) is 3.64. The van der Waals surface area contributed by atoms with E-state index in [1.165, 1.54) is 16.4 Å². The number of anilines is 6. The zero-order valence-corrected chi connectivity index (χ0v) is 30.1. The molecule has 0 atom stereocenters. The number of rotatable bonds is 5. The van der Waals surface area contributed by atoms with E-state index in [9.17, 15) is 0 Å². The summed E-state index contributed by atoms with van der Waals surface area (Å²) in [5.74, 6) is 2.41. The first-order valence-corrected chi connectivity index (χ1v) is 18.9. The number of fused-ring (bicyclic) bond motifs is 9. The third kappa shape index (κ3) is 4.30. The molecule has 262 valence electrons. The largest absolute Gasteiger partial charge is 0.311 e. The normalized spacial score (nSPS) is 13.4. The smallest absolute Gasteiger partial charge is 0.252 e. The fourth-order valence-corrected chi connectivity index (χ4v) is 9.17. The van der Waals surface area contributed by atoms with Gasteiger partial charge in [-0.1, -0.05) is 78.9 Å². The van der Waals surface area contributed by atoms with Crippen molar-refractivity contribution in [2.75, 3.05) is 9.80 Å². The number of allylic oxidation sites excluding steroid dienone is 2. The summed E-state index contributed by atoms with van der Waals surface area (Å²) in [5.41, 5.74) is 12.2. The number of para-hydroxylation sites is 2. The summed E-state index contributed by atoms with van der Waals surface area (Å²) in [6.45, 7) is -0.0438. The number of nitrogens with zero attached hydrogens (tertiary/aromatic N) is 8. The van der Waals surface area contributed by atoms with Crippen LogP contribution in [-0.2, 0) is 0 Å². The van der Waals surface area contributed by atoms with Gasteiger partial charge in [0.2, 0.25) is 0 Å². The Balaban J connectivity index is 1.30. The molecule has 0 unspecified atom stereocenters. The molecule has 0 spiro atoms. The van der Waals surface area contributed by atoms with Crippen molar-refractivity contribution in [3.8, 4) is 11.5 Å². The Morgan fingerprint density at radius 1 is 0.607 bits per heavy atom.